The van der Waals surface area contributed by atoms with Gasteiger partial charge in [0.05, 0.1) is 27.6 Å². The highest BCUT2D eigenvalue weighted by Gasteiger charge is 2.10. The molecule has 2 aromatic heterocycles. The molecule has 0 bridgehead atoms. The highest BCUT2D eigenvalue weighted by Crippen LogP contribution is 2.31. The third-order valence-corrected chi connectivity index (χ3v) is 6.35. The van der Waals surface area contributed by atoms with Crippen LogP contribution >= 0.6 is 39.5 Å². The molecular weight excluding hydrogens is 529 g/mol. The molecule has 0 spiro atoms. The van der Waals surface area contributed by atoms with Crippen molar-refractivity contribution in [3.63, 3.8) is 0 Å². The second-order valence-corrected chi connectivity index (χ2v) is 8.73. The van der Waals surface area contributed by atoms with E-state index in [0.29, 0.717) is 21.3 Å². The molecule has 0 aliphatic rings. The average molecular weight is 553 g/mol. The largest absolute Gasteiger partial charge is 0.432 e. The van der Waals surface area contributed by atoms with Crippen LogP contribution in [0.1, 0.15) is 20.3 Å². The van der Waals surface area contributed by atoms with Crippen LogP contribution in [0.15, 0.2) is 68.8 Å². The molecule has 0 aliphatic carbocycles. The van der Waals surface area contributed by atoms with Crippen LogP contribution in [0.5, 0.6) is 0 Å². The standard InChI is InChI=1S/C21H18BrClFN5OS.C2H6/c22-15-4-2-13(10-17(15)24)18-12-27-20(29-18)14-3-5-16(23)19(11-14)31-28-7-1-6-25-21-26-8-9-30-21;1-2/h2-5,8-12,28H,1,6-7H2,(H,25,26)(H,27,29);1-2H3. The number of rotatable bonds is 9. The predicted octanol–water partition coefficient (Wildman–Crippen LogP) is 7.41. The number of imidazole rings is 1. The maximum Gasteiger partial charge on any atom is 0.294 e. The fourth-order valence-corrected chi connectivity index (χ4v) is 4.04. The lowest BCUT2D eigenvalue weighted by Crippen LogP contribution is -2.11. The number of aromatic amines is 1. The van der Waals surface area contributed by atoms with E-state index in [2.05, 4.69) is 40.9 Å². The van der Waals surface area contributed by atoms with Gasteiger partial charge in [-0.3, -0.25) is 4.72 Å². The molecule has 0 fully saturated rings. The zero-order valence-corrected chi connectivity index (χ0v) is 21.3. The molecule has 10 heteroatoms. The Hall–Kier alpha value is -2.33. The highest BCUT2D eigenvalue weighted by atomic mass is 79.9. The van der Waals surface area contributed by atoms with Crippen LogP contribution in [0.25, 0.3) is 22.6 Å². The molecular formula is C23H24BrClFN5OS. The van der Waals surface area contributed by atoms with Gasteiger partial charge in [0.25, 0.3) is 6.01 Å². The van der Waals surface area contributed by atoms with Gasteiger partial charge in [-0.15, -0.1) is 0 Å². The summed E-state index contributed by atoms with van der Waals surface area (Å²) in [6.45, 7) is 5.52. The van der Waals surface area contributed by atoms with Gasteiger partial charge >= 0.3 is 0 Å². The number of aromatic nitrogens is 3. The Kier molecular flexibility index (Phi) is 9.80. The van der Waals surface area contributed by atoms with Crippen molar-refractivity contribution in [2.45, 2.75) is 25.2 Å². The van der Waals surface area contributed by atoms with Crippen molar-refractivity contribution in [1.29, 1.82) is 0 Å². The number of H-pyrrole nitrogens is 1. The summed E-state index contributed by atoms with van der Waals surface area (Å²) in [5.74, 6) is 0.368. The van der Waals surface area contributed by atoms with Crippen molar-refractivity contribution in [2.24, 2.45) is 0 Å². The predicted molar refractivity (Wildman–Crippen MR) is 137 cm³/mol. The minimum atomic E-state index is -0.319. The number of hydrogen-bond acceptors (Lipinski definition) is 6. The Morgan fingerprint density at radius 3 is 2.70 bits per heavy atom. The van der Waals surface area contributed by atoms with E-state index < -0.39 is 0 Å². The van der Waals surface area contributed by atoms with Crippen LogP contribution in [0.3, 0.4) is 0 Å². The molecule has 33 heavy (non-hydrogen) atoms. The summed E-state index contributed by atoms with van der Waals surface area (Å²) in [6.07, 6.45) is 5.71. The zero-order chi connectivity index (χ0) is 23.6. The van der Waals surface area contributed by atoms with Gasteiger partial charge in [-0.1, -0.05) is 31.5 Å². The first-order chi connectivity index (χ1) is 16.1. The first kappa shape index (κ1) is 25.3. The highest BCUT2D eigenvalue weighted by molar-refractivity contribution is 9.10. The number of oxazole rings is 1. The maximum atomic E-state index is 13.8. The average Bonchev–Trinajstić information content (AvgIpc) is 3.53. The summed E-state index contributed by atoms with van der Waals surface area (Å²) in [4.78, 5) is 12.6. The van der Waals surface area contributed by atoms with Gasteiger partial charge in [-0.05, 0) is 64.6 Å². The lowest BCUT2D eigenvalue weighted by Gasteiger charge is -2.08. The molecule has 0 atom stereocenters. The Morgan fingerprint density at radius 1 is 1.12 bits per heavy atom. The second-order valence-electron chi connectivity index (χ2n) is 6.53. The summed E-state index contributed by atoms with van der Waals surface area (Å²) in [6, 6.07) is 11.2. The summed E-state index contributed by atoms with van der Waals surface area (Å²) >= 11 is 11.0. The summed E-state index contributed by atoms with van der Waals surface area (Å²) in [7, 11) is 0. The first-order valence-electron chi connectivity index (χ1n) is 10.4. The van der Waals surface area contributed by atoms with Gasteiger partial charge in [0, 0.05) is 29.1 Å². The van der Waals surface area contributed by atoms with Crippen molar-refractivity contribution in [3.05, 3.63) is 70.4 Å². The van der Waals surface area contributed by atoms with E-state index in [1.807, 2.05) is 38.1 Å². The minimum Gasteiger partial charge on any atom is -0.432 e. The van der Waals surface area contributed by atoms with Gasteiger partial charge in [0.2, 0.25) is 0 Å². The molecule has 0 amide bonds. The molecule has 0 saturated heterocycles. The summed E-state index contributed by atoms with van der Waals surface area (Å²) in [5, 5.41) is 3.75. The van der Waals surface area contributed by atoms with Gasteiger partial charge in [-0.25, -0.2) is 14.4 Å². The molecule has 4 aromatic rings. The maximum absolute atomic E-state index is 13.8. The smallest absolute Gasteiger partial charge is 0.294 e. The third-order valence-electron chi connectivity index (χ3n) is 4.36. The first-order valence-corrected chi connectivity index (χ1v) is 12.4. The normalized spacial score (nSPS) is 10.6. The number of nitrogens with zero attached hydrogens (tertiary/aromatic N) is 2. The molecule has 0 saturated carbocycles. The molecule has 0 radical (unpaired) electrons. The second kappa shape index (κ2) is 12.8. The molecule has 0 unspecified atom stereocenters. The van der Waals surface area contributed by atoms with E-state index in [4.69, 9.17) is 16.0 Å². The van der Waals surface area contributed by atoms with Crippen LogP contribution in [-0.4, -0.2) is 28.0 Å². The van der Waals surface area contributed by atoms with E-state index in [1.54, 1.807) is 18.5 Å². The van der Waals surface area contributed by atoms with Crippen molar-refractivity contribution in [2.75, 3.05) is 18.4 Å². The van der Waals surface area contributed by atoms with Crippen LogP contribution in [0.2, 0.25) is 5.02 Å². The van der Waals surface area contributed by atoms with E-state index >= 15 is 0 Å². The quantitative estimate of drug-likeness (QED) is 0.148. The third kappa shape index (κ3) is 7.07. The Labute approximate surface area is 210 Å². The van der Waals surface area contributed by atoms with Crippen molar-refractivity contribution in [1.82, 2.24) is 19.7 Å². The number of halogens is 3. The molecule has 3 N–H and O–H groups in total. The minimum absolute atomic E-state index is 0.319. The topological polar surface area (TPSA) is 78.8 Å². The van der Waals surface area contributed by atoms with Crippen molar-refractivity contribution >= 4 is 45.5 Å². The fourth-order valence-electron chi connectivity index (χ4n) is 2.80. The number of anilines is 1. The van der Waals surface area contributed by atoms with Crippen LogP contribution in [0, 0.1) is 5.82 Å². The van der Waals surface area contributed by atoms with Gasteiger partial charge in [0.1, 0.15) is 17.9 Å². The molecule has 2 aromatic carbocycles. The van der Waals surface area contributed by atoms with Gasteiger partial charge in [-0.2, -0.15) is 0 Å². The molecule has 4 rings (SSSR count). The van der Waals surface area contributed by atoms with Crippen LogP contribution < -0.4 is 10.0 Å². The Morgan fingerprint density at radius 2 is 1.94 bits per heavy atom. The fraction of sp³-hybridized carbons (Fsp3) is 0.217. The van der Waals surface area contributed by atoms with Gasteiger partial charge in [0.15, 0.2) is 0 Å². The lowest BCUT2D eigenvalue weighted by atomic mass is 10.2. The van der Waals surface area contributed by atoms with E-state index in [0.717, 1.165) is 41.2 Å². The molecule has 0 aliphatic heterocycles. The van der Waals surface area contributed by atoms with Gasteiger partial charge < -0.3 is 14.7 Å². The molecule has 2 heterocycles. The van der Waals surface area contributed by atoms with E-state index in [-0.39, 0.29) is 5.82 Å². The Bertz CT molecular complexity index is 1160. The Balaban J connectivity index is 0.00000149. The zero-order valence-electron chi connectivity index (χ0n) is 18.2. The lowest BCUT2D eigenvalue weighted by molar-refractivity contribution is 0.569. The monoisotopic (exact) mass is 551 g/mol. The van der Waals surface area contributed by atoms with E-state index in [9.17, 15) is 4.39 Å². The summed E-state index contributed by atoms with van der Waals surface area (Å²) < 4.78 is 22.7. The van der Waals surface area contributed by atoms with E-state index in [1.165, 1.54) is 24.3 Å². The molecule has 6 nitrogen and oxygen atoms in total. The molecule has 174 valence electrons. The van der Waals surface area contributed by atoms with Crippen molar-refractivity contribution in [3.8, 4) is 22.6 Å². The van der Waals surface area contributed by atoms with Crippen LogP contribution in [0.4, 0.5) is 10.4 Å². The van der Waals surface area contributed by atoms with Crippen LogP contribution in [-0.2, 0) is 0 Å². The van der Waals surface area contributed by atoms with Crippen molar-refractivity contribution < 1.29 is 8.81 Å². The number of hydrogen-bond donors (Lipinski definition) is 3. The summed E-state index contributed by atoms with van der Waals surface area (Å²) in [5.41, 5.74) is 2.35. The SMILES string of the molecule is CC.Fc1cc(-c2cnc(-c3ccc(Cl)c(SNCCCNc4ncco4)c3)[nH]2)ccc1Br. The number of benzene rings is 2. The number of nitrogens with one attached hydrogen (secondary N) is 3.